The topological polar surface area (TPSA) is 72.9 Å². The minimum Gasteiger partial charge on any atom is -0.495 e. The molecule has 0 unspecified atom stereocenters. The molecule has 140 valence electrons. The number of methoxy groups -OCH3 is 1. The number of ether oxygens (including phenoxy) is 2. The minimum atomic E-state index is -0.675. The molecule has 1 aromatic carbocycles. The molecule has 1 aliphatic heterocycles. The number of carbonyl (C=O) groups is 3. The summed E-state index contributed by atoms with van der Waals surface area (Å²) in [4.78, 5) is 37.7. The third kappa shape index (κ3) is 5.35. The largest absolute Gasteiger partial charge is 0.495 e. The maximum absolute atomic E-state index is 12.5. The first-order valence-electron chi connectivity index (χ1n) is 7.52. The van der Waals surface area contributed by atoms with Crippen molar-refractivity contribution in [2.24, 2.45) is 0 Å². The van der Waals surface area contributed by atoms with Gasteiger partial charge in [-0.1, -0.05) is 0 Å². The van der Waals surface area contributed by atoms with Crippen LogP contribution in [0.3, 0.4) is 0 Å². The molecule has 0 N–H and O–H groups in total. The molecule has 0 bridgehead atoms. The number of nitrogens with zero attached hydrogens (tertiary/aromatic N) is 1. The van der Waals surface area contributed by atoms with Gasteiger partial charge in [0.15, 0.2) is 0 Å². The van der Waals surface area contributed by atoms with E-state index in [1.807, 2.05) is 12.1 Å². The van der Waals surface area contributed by atoms with Crippen LogP contribution < -0.4 is 4.74 Å². The van der Waals surface area contributed by atoms with E-state index in [2.05, 4.69) is 45.2 Å². The van der Waals surface area contributed by atoms with E-state index in [1.54, 1.807) is 34.0 Å². The second-order valence-corrected chi connectivity index (χ2v) is 9.69. The highest BCUT2D eigenvalue weighted by Gasteiger charge is 2.37. The third-order valence-corrected chi connectivity index (χ3v) is 5.61. The molecule has 9 heteroatoms. The van der Waals surface area contributed by atoms with Gasteiger partial charge in [-0.15, -0.1) is 0 Å². The van der Waals surface area contributed by atoms with Gasteiger partial charge in [0.1, 0.15) is 17.9 Å². The van der Waals surface area contributed by atoms with Crippen LogP contribution in [0.4, 0.5) is 4.79 Å². The predicted molar refractivity (Wildman–Crippen MR) is 117 cm³/mol. The summed E-state index contributed by atoms with van der Waals surface area (Å²) in [5.74, 6) is -0.345. The number of carbonyl (C=O) groups excluding carboxylic acids is 3. The molecule has 0 saturated carbocycles. The zero-order chi connectivity index (χ0) is 19.6. The summed E-state index contributed by atoms with van der Waals surface area (Å²) in [7, 11) is 1.60. The van der Waals surface area contributed by atoms with Crippen LogP contribution in [-0.4, -0.2) is 41.3 Å². The molecule has 1 saturated heterocycles. The van der Waals surface area contributed by atoms with Gasteiger partial charge < -0.3 is 9.47 Å². The highest BCUT2D eigenvalue weighted by atomic mass is 127. The fourth-order valence-corrected chi connectivity index (χ4v) is 5.24. The summed E-state index contributed by atoms with van der Waals surface area (Å²) in [6, 6.07) is 3.73. The Labute approximate surface area is 183 Å². The molecule has 0 aliphatic carbocycles. The quantitative estimate of drug-likeness (QED) is 0.292. The Balaban J connectivity index is 2.20. The van der Waals surface area contributed by atoms with Crippen LogP contribution in [0.2, 0.25) is 0 Å². The maximum Gasteiger partial charge on any atom is 0.326 e. The normalized spacial score (nSPS) is 16.4. The average molecular weight is 601 g/mol. The van der Waals surface area contributed by atoms with E-state index in [0.29, 0.717) is 0 Å². The van der Waals surface area contributed by atoms with Crippen LogP contribution in [0.25, 0.3) is 6.08 Å². The molecule has 2 amide bonds. The van der Waals surface area contributed by atoms with Crippen molar-refractivity contribution in [3.05, 3.63) is 29.7 Å². The Morgan fingerprint density at radius 3 is 2.31 bits per heavy atom. The fourth-order valence-electron chi connectivity index (χ4n) is 2.15. The van der Waals surface area contributed by atoms with Crippen molar-refractivity contribution in [1.29, 1.82) is 0 Å². The highest BCUT2D eigenvalue weighted by molar-refractivity contribution is 14.1. The van der Waals surface area contributed by atoms with Gasteiger partial charge in [0.2, 0.25) is 0 Å². The number of amides is 2. The Kier molecular flexibility index (Phi) is 6.99. The van der Waals surface area contributed by atoms with Crippen LogP contribution in [0.1, 0.15) is 26.3 Å². The number of thioether (sulfide) groups is 1. The summed E-state index contributed by atoms with van der Waals surface area (Å²) >= 11 is 5.11. The first kappa shape index (κ1) is 21.5. The Bertz CT molecular complexity index is 778. The number of rotatable bonds is 4. The molecular formula is C17H17I2NO5S. The molecule has 1 aliphatic rings. The SMILES string of the molecule is COc1c(I)cc(C=C2SC(=O)N(CC(=O)OC(C)(C)C)C2=O)cc1I. The van der Waals surface area contributed by atoms with Gasteiger partial charge >= 0.3 is 5.97 Å². The van der Waals surface area contributed by atoms with Gasteiger partial charge in [0.05, 0.1) is 19.2 Å². The van der Waals surface area contributed by atoms with E-state index >= 15 is 0 Å². The van der Waals surface area contributed by atoms with Gasteiger partial charge in [-0.3, -0.25) is 19.3 Å². The van der Waals surface area contributed by atoms with Crippen molar-refractivity contribution in [3.8, 4) is 5.75 Å². The lowest BCUT2D eigenvalue weighted by molar-refractivity contribution is -0.156. The van der Waals surface area contributed by atoms with E-state index < -0.39 is 29.3 Å². The van der Waals surface area contributed by atoms with E-state index in [9.17, 15) is 14.4 Å². The molecule has 26 heavy (non-hydrogen) atoms. The van der Waals surface area contributed by atoms with Crippen molar-refractivity contribution in [3.63, 3.8) is 0 Å². The van der Waals surface area contributed by atoms with Gasteiger partial charge in [-0.2, -0.15) is 0 Å². The number of esters is 1. The summed E-state index contributed by atoms with van der Waals surface area (Å²) < 4.78 is 12.3. The van der Waals surface area contributed by atoms with E-state index in [1.165, 1.54) is 0 Å². The van der Waals surface area contributed by atoms with E-state index in [4.69, 9.17) is 9.47 Å². The van der Waals surface area contributed by atoms with E-state index in [0.717, 1.165) is 35.1 Å². The molecule has 1 heterocycles. The van der Waals surface area contributed by atoms with Gasteiger partial charge in [0, 0.05) is 0 Å². The monoisotopic (exact) mass is 601 g/mol. The number of hydrogen-bond acceptors (Lipinski definition) is 6. The fraction of sp³-hybridized carbons (Fsp3) is 0.353. The van der Waals surface area contributed by atoms with Crippen molar-refractivity contribution >= 4 is 80.1 Å². The van der Waals surface area contributed by atoms with Crippen molar-refractivity contribution < 1.29 is 23.9 Å². The second-order valence-electron chi connectivity index (χ2n) is 6.37. The van der Waals surface area contributed by atoms with Crippen LogP contribution in [0.15, 0.2) is 17.0 Å². The first-order chi connectivity index (χ1) is 12.0. The number of halogens is 2. The van der Waals surface area contributed by atoms with Gasteiger partial charge in [0.25, 0.3) is 11.1 Å². The summed E-state index contributed by atoms with van der Waals surface area (Å²) in [6.45, 7) is 4.79. The van der Waals surface area contributed by atoms with Gasteiger partial charge in [-0.05, 0) is 101 Å². The lowest BCUT2D eigenvalue weighted by atomic mass is 10.2. The lowest BCUT2D eigenvalue weighted by Gasteiger charge is -2.21. The Morgan fingerprint density at radius 2 is 1.81 bits per heavy atom. The van der Waals surface area contributed by atoms with Crippen LogP contribution >= 0.6 is 56.9 Å². The van der Waals surface area contributed by atoms with Crippen LogP contribution in [-0.2, 0) is 14.3 Å². The smallest absolute Gasteiger partial charge is 0.326 e. The van der Waals surface area contributed by atoms with Crippen LogP contribution in [0, 0.1) is 7.14 Å². The standard InChI is InChI=1S/C17H17I2NO5S/c1-17(2,3)25-13(21)8-20-15(22)12(26-16(20)23)7-9-5-10(18)14(24-4)11(19)6-9/h5-7H,8H2,1-4H3. The number of benzene rings is 1. The molecule has 2 rings (SSSR count). The minimum absolute atomic E-state index is 0.273. The summed E-state index contributed by atoms with van der Waals surface area (Å²) in [6.07, 6.45) is 1.64. The number of hydrogen-bond donors (Lipinski definition) is 0. The maximum atomic E-state index is 12.5. The molecule has 0 aromatic heterocycles. The second kappa shape index (κ2) is 8.46. The van der Waals surface area contributed by atoms with E-state index in [-0.39, 0.29) is 4.91 Å². The predicted octanol–water partition coefficient (Wildman–Crippen LogP) is 4.28. The molecule has 0 atom stereocenters. The zero-order valence-electron chi connectivity index (χ0n) is 14.6. The molecule has 1 aromatic rings. The molecule has 0 spiro atoms. The van der Waals surface area contributed by atoms with Crippen molar-refractivity contribution in [1.82, 2.24) is 4.90 Å². The number of imide groups is 1. The summed E-state index contributed by atoms with van der Waals surface area (Å²) in [5.41, 5.74) is 0.105. The van der Waals surface area contributed by atoms with Crippen LogP contribution in [0.5, 0.6) is 5.75 Å². The Morgan fingerprint density at radius 1 is 1.23 bits per heavy atom. The molecule has 6 nitrogen and oxygen atoms in total. The molecule has 1 fully saturated rings. The van der Waals surface area contributed by atoms with Crippen molar-refractivity contribution in [2.45, 2.75) is 26.4 Å². The molecule has 0 radical (unpaired) electrons. The zero-order valence-corrected chi connectivity index (χ0v) is 19.7. The van der Waals surface area contributed by atoms with Crippen molar-refractivity contribution in [2.75, 3.05) is 13.7 Å². The first-order valence-corrected chi connectivity index (χ1v) is 10.5. The van der Waals surface area contributed by atoms with Gasteiger partial charge in [-0.25, -0.2) is 0 Å². The third-order valence-electron chi connectivity index (χ3n) is 3.10. The lowest BCUT2D eigenvalue weighted by Crippen LogP contribution is -2.37. The average Bonchev–Trinajstić information content (AvgIpc) is 2.72. The highest BCUT2D eigenvalue weighted by Crippen LogP contribution is 2.34. The Hall–Kier alpha value is -0.820. The summed E-state index contributed by atoms with van der Waals surface area (Å²) in [5, 5.41) is -0.481. The molecular weight excluding hydrogens is 584 g/mol.